The summed E-state index contributed by atoms with van der Waals surface area (Å²) in [6.45, 7) is 3.45. The van der Waals surface area contributed by atoms with Crippen LogP contribution >= 0.6 is 11.6 Å². The number of hydrogen-bond donors (Lipinski definition) is 0. The molecule has 5 nitrogen and oxygen atoms in total. The fraction of sp³-hybridized carbons (Fsp3) is 0.318. The second-order valence-electron chi connectivity index (χ2n) is 7.10. The van der Waals surface area contributed by atoms with E-state index in [4.69, 9.17) is 16.1 Å². The number of carbonyl (C=O) groups excluding carboxylic acids is 1. The summed E-state index contributed by atoms with van der Waals surface area (Å²) in [7, 11) is 0. The number of piperidine rings is 1. The molecule has 2 heterocycles. The lowest BCUT2D eigenvalue weighted by Gasteiger charge is -2.31. The monoisotopic (exact) mass is 395 g/mol. The van der Waals surface area contributed by atoms with Crippen molar-refractivity contribution in [2.45, 2.75) is 32.1 Å². The third kappa shape index (κ3) is 3.94. The molecule has 0 N–H and O–H groups in total. The van der Waals surface area contributed by atoms with E-state index in [9.17, 15) is 4.79 Å². The Morgan fingerprint density at radius 2 is 1.93 bits per heavy atom. The molecule has 28 heavy (non-hydrogen) atoms. The molecule has 1 saturated heterocycles. The molecule has 0 bridgehead atoms. The zero-order valence-corrected chi connectivity index (χ0v) is 16.5. The lowest BCUT2D eigenvalue weighted by Crippen LogP contribution is -2.39. The van der Waals surface area contributed by atoms with Gasteiger partial charge in [0, 0.05) is 29.2 Å². The number of benzene rings is 2. The number of likely N-dealkylation sites (tertiary alicyclic amines) is 1. The molecule has 0 spiro atoms. The second kappa shape index (κ2) is 8.15. The third-order valence-corrected chi connectivity index (χ3v) is 5.46. The Morgan fingerprint density at radius 3 is 2.64 bits per heavy atom. The molecule has 1 atom stereocenters. The minimum atomic E-state index is 0.0566. The van der Waals surface area contributed by atoms with Crippen LogP contribution in [0.3, 0.4) is 0 Å². The maximum atomic E-state index is 12.9. The van der Waals surface area contributed by atoms with Crippen molar-refractivity contribution in [3.05, 3.63) is 70.6 Å². The number of nitrogens with zero attached hydrogens (tertiary/aromatic N) is 3. The molecule has 0 unspecified atom stereocenters. The van der Waals surface area contributed by atoms with E-state index < -0.39 is 0 Å². The molecular weight excluding hydrogens is 374 g/mol. The Labute approximate surface area is 169 Å². The number of rotatable bonds is 4. The molecule has 1 aliphatic rings. The van der Waals surface area contributed by atoms with Gasteiger partial charge in [0.15, 0.2) is 0 Å². The first kappa shape index (κ1) is 18.7. The van der Waals surface area contributed by atoms with Gasteiger partial charge in [-0.25, -0.2) is 0 Å². The van der Waals surface area contributed by atoms with Crippen LogP contribution in [0, 0.1) is 0 Å². The number of halogens is 1. The van der Waals surface area contributed by atoms with E-state index >= 15 is 0 Å². The first-order chi connectivity index (χ1) is 13.6. The maximum absolute atomic E-state index is 12.9. The van der Waals surface area contributed by atoms with Gasteiger partial charge >= 0.3 is 0 Å². The molecule has 4 rings (SSSR count). The first-order valence-corrected chi connectivity index (χ1v) is 9.99. The minimum absolute atomic E-state index is 0.0566. The van der Waals surface area contributed by atoms with E-state index in [-0.39, 0.29) is 11.8 Å². The fourth-order valence-electron chi connectivity index (χ4n) is 3.55. The molecule has 6 heteroatoms. The first-order valence-electron chi connectivity index (χ1n) is 9.62. The van der Waals surface area contributed by atoms with E-state index in [1.807, 2.05) is 41.3 Å². The average molecular weight is 396 g/mol. The topological polar surface area (TPSA) is 59.2 Å². The van der Waals surface area contributed by atoms with Crippen molar-refractivity contribution in [1.29, 1.82) is 0 Å². The highest BCUT2D eigenvalue weighted by molar-refractivity contribution is 6.30. The molecule has 0 aliphatic carbocycles. The summed E-state index contributed by atoms with van der Waals surface area (Å²) >= 11 is 5.94. The van der Waals surface area contributed by atoms with Crippen LogP contribution in [0.1, 0.15) is 47.5 Å². The minimum Gasteiger partial charge on any atom is -0.339 e. The number of amides is 1. The molecule has 1 aromatic heterocycles. The maximum Gasteiger partial charge on any atom is 0.253 e. The summed E-state index contributed by atoms with van der Waals surface area (Å²) in [5.41, 5.74) is 2.82. The van der Waals surface area contributed by atoms with Gasteiger partial charge in [-0.2, -0.15) is 4.98 Å². The lowest BCUT2D eigenvalue weighted by atomic mass is 9.97. The Morgan fingerprint density at radius 1 is 1.18 bits per heavy atom. The van der Waals surface area contributed by atoms with Gasteiger partial charge in [-0.1, -0.05) is 35.8 Å². The summed E-state index contributed by atoms with van der Waals surface area (Å²) < 4.78 is 5.52. The Hall–Kier alpha value is -2.66. The van der Waals surface area contributed by atoms with Crippen LogP contribution in [0.4, 0.5) is 0 Å². The van der Waals surface area contributed by atoms with Crippen molar-refractivity contribution in [3.8, 4) is 11.4 Å². The normalized spacial score (nSPS) is 16.9. The molecule has 1 aliphatic heterocycles. The van der Waals surface area contributed by atoms with Crippen molar-refractivity contribution in [2.24, 2.45) is 0 Å². The molecule has 144 valence electrons. The van der Waals surface area contributed by atoms with Gasteiger partial charge in [-0.05, 0) is 61.2 Å². The van der Waals surface area contributed by atoms with E-state index in [1.54, 1.807) is 12.1 Å². The van der Waals surface area contributed by atoms with E-state index in [2.05, 4.69) is 17.1 Å². The van der Waals surface area contributed by atoms with Gasteiger partial charge in [0.05, 0.1) is 5.92 Å². The van der Waals surface area contributed by atoms with Gasteiger partial charge < -0.3 is 9.42 Å². The zero-order chi connectivity index (χ0) is 19.5. The van der Waals surface area contributed by atoms with Crippen molar-refractivity contribution in [3.63, 3.8) is 0 Å². The van der Waals surface area contributed by atoms with E-state index in [1.165, 1.54) is 5.56 Å². The van der Waals surface area contributed by atoms with Crippen LogP contribution in [0.25, 0.3) is 11.4 Å². The molecule has 0 radical (unpaired) electrons. The fourth-order valence-corrected chi connectivity index (χ4v) is 3.67. The summed E-state index contributed by atoms with van der Waals surface area (Å²) in [5.74, 6) is 1.25. The average Bonchev–Trinajstić information content (AvgIpc) is 3.24. The second-order valence-corrected chi connectivity index (χ2v) is 7.54. The molecule has 3 aromatic rings. The summed E-state index contributed by atoms with van der Waals surface area (Å²) in [6.07, 6.45) is 2.82. The SMILES string of the molecule is CCc1ccc(C(=O)N2CCC[C@@H](c3nc(-c4ccc(Cl)cc4)no3)C2)cc1. The Balaban J connectivity index is 1.47. The van der Waals surface area contributed by atoms with Gasteiger partial charge in [0.25, 0.3) is 5.91 Å². The molecule has 0 saturated carbocycles. The number of carbonyl (C=O) groups is 1. The number of aromatic nitrogens is 2. The third-order valence-electron chi connectivity index (χ3n) is 5.21. The van der Waals surface area contributed by atoms with Gasteiger partial charge in [-0.15, -0.1) is 0 Å². The lowest BCUT2D eigenvalue weighted by molar-refractivity contribution is 0.0695. The molecule has 1 amide bonds. The van der Waals surface area contributed by atoms with Crippen molar-refractivity contribution in [1.82, 2.24) is 15.0 Å². The van der Waals surface area contributed by atoms with Crippen LogP contribution < -0.4 is 0 Å². The molecular formula is C22H22ClN3O2. The van der Waals surface area contributed by atoms with Crippen LogP contribution in [0.5, 0.6) is 0 Å². The summed E-state index contributed by atoms with van der Waals surface area (Å²) in [6, 6.07) is 15.2. The quantitative estimate of drug-likeness (QED) is 0.625. The van der Waals surface area contributed by atoms with Crippen molar-refractivity contribution in [2.75, 3.05) is 13.1 Å². The standard InChI is InChI=1S/C22H22ClN3O2/c1-2-15-5-7-17(8-6-15)22(27)26-13-3-4-18(14-26)21-24-20(25-28-21)16-9-11-19(23)12-10-16/h5-12,18H,2-4,13-14H2,1H3/t18-/m1/s1. The predicted molar refractivity (Wildman–Crippen MR) is 108 cm³/mol. The molecule has 2 aromatic carbocycles. The van der Waals surface area contributed by atoms with Gasteiger partial charge in [-0.3, -0.25) is 4.79 Å². The van der Waals surface area contributed by atoms with E-state index in [0.29, 0.717) is 23.3 Å². The van der Waals surface area contributed by atoms with Crippen molar-refractivity contribution >= 4 is 17.5 Å². The Bertz CT molecular complexity index is 951. The smallest absolute Gasteiger partial charge is 0.253 e. The van der Waals surface area contributed by atoms with E-state index in [0.717, 1.165) is 36.9 Å². The summed E-state index contributed by atoms with van der Waals surface area (Å²) in [4.78, 5) is 19.3. The highest BCUT2D eigenvalue weighted by Gasteiger charge is 2.29. The Kier molecular flexibility index (Phi) is 5.44. The summed E-state index contributed by atoms with van der Waals surface area (Å²) in [5, 5.41) is 4.77. The predicted octanol–water partition coefficient (Wildman–Crippen LogP) is 4.97. The number of hydrogen-bond acceptors (Lipinski definition) is 4. The van der Waals surface area contributed by atoms with Crippen LogP contribution in [0.2, 0.25) is 5.02 Å². The largest absolute Gasteiger partial charge is 0.339 e. The molecule has 1 fully saturated rings. The highest BCUT2D eigenvalue weighted by atomic mass is 35.5. The van der Waals surface area contributed by atoms with Crippen LogP contribution in [-0.4, -0.2) is 34.0 Å². The van der Waals surface area contributed by atoms with Crippen LogP contribution in [0.15, 0.2) is 53.1 Å². The van der Waals surface area contributed by atoms with Gasteiger partial charge in [0.1, 0.15) is 0 Å². The highest BCUT2D eigenvalue weighted by Crippen LogP contribution is 2.28. The number of aryl methyl sites for hydroxylation is 1. The van der Waals surface area contributed by atoms with Crippen molar-refractivity contribution < 1.29 is 9.32 Å². The van der Waals surface area contributed by atoms with Crippen LogP contribution in [-0.2, 0) is 6.42 Å². The zero-order valence-electron chi connectivity index (χ0n) is 15.8. The van der Waals surface area contributed by atoms with Gasteiger partial charge in [0.2, 0.25) is 11.7 Å².